The van der Waals surface area contributed by atoms with E-state index in [1.54, 1.807) is 24.3 Å². The van der Waals surface area contributed by atoms with Gasteiger partial charge in [0.2, 0.25) is 0 Å². The maximum absolute atomic E-state index is 13.7. The summed E-state index contributed by atoms with van der Waals surface area (Å²) in [7, 11) is 0. The van der Waals surface area contributed by atoms with E-state index in [0.29, 0.717) is 5.56 Å². The van der Waals surface area contributed by atoms with Crippen LogP contribution in [0, 0.1) is 12.7 Å². The molecule has 0 spiro atoms. The van der Waals surface area contributed by atoms with Crippen molar-refractivity contribution in [3.05, 3.63) is 70.4 Å². The number of benzene rings is 2. The van der Waals surface area contributed by atoms with Gasteiger partial charge in [-0.1, -0.05) is 30.3 Å². The van der Waals surface area contributed by atoms with Crippen LogP contribution in [0.4, 0.5) is 4.39 Å². The fourth-order valence-corrected chi connectivity index (χ4v) is 3.20. The summed E-state index contributed by atoms with van der Waals surface area (Å²) in [6, 6.07) is 13.1. The van der Waals surface area contributed by atoms with Crippen molar-refractivity contribution in [3.63, 3.8) is 0 Å². The van der Waals surface area contributed by atoms with E-state index in [0.717, 1.165) is 11.1 Å². The van der Waals surface area contributed by atoms with Crippen LogP contribution >= 0.6 is 11.3 Å². The molecule has 0 saturated heterocycles. The number of thiophene rings is 1. The van der Waals surface area contributed by atoms with Gasteiger partial charge < -0.3 is 5.73 Å². The average Bonchev–Trinajstić information content (AvgIpc) is 2.89. The van der Waals surface area contributed by atoms with Crippen LogP contribution in [0.3, 0.4) is 0 Å². The van der Waals surface area contributed by atoms with E-state index in [4.69, 9.17) is 5.73 Å². The Kier molecular flexibility index (Phi) is 3.09. The molecule has 2 N–H and O–H groups in total. The maximum atomic E-state index is 13.7. The first-order valence-corrected chi connectivity index (χ1v) is 7.02. The van der Waals surface area contributed by atoms with Crippen molar-refractivity contribution in [2.24, 2.45) is 5.73 Å². The van der Waals surface area contributed by atoms with Gasteiger partial charge in [0.1, 0.15) is 5.82 Å². The fourth-order valence-electron chi connectivity index (χ4n) is 2.24. The van der Waals surface area contributed by atoms with Gasteiger partial charge in [-0.3, -0.25) is 0 Å². The van der Waals surface area contributed by atoms with E-state index in [-0.39, 0.29) is 11.9 Å². The third-order valence-electron chi connectivity index (χ3n) is 3.40. The molecule has 3 heteroatoms. The fraction of sp³-hybridized carbons (Fsp3) is 0.125. The highest BCUT2D eigenvalue weighted by Crippen LogP contribution is 2.31. The Balaban J connectivity index is 2.10. The standard InChI is InChI=1S/C16H14FNS/c1-10-5-6-12(9-14(10)17)15(18)13-4-2-3-11-7-8-19-16(11)13/h2-9,15H,18H2,1H3. The molecule has 0 amide bonds. The molecule has 1 aromatic heterocycles. The highest BCUT2D eigenvalue weighted by atomic mass is 32.1. The van der Waals surface area contributed by atoms with E-state index in [1.807, 2.05) is 18.2 Å². The van der Waals surface area contributed by atoms with Crippen LogP contribution in [0.25, 0.3) is 10.1 Å². The van der Waals surface area contributed by atoms with Crippen LogP contribution < -0.4 is 5.73 Å². The minimum Gasteiger partial charge on any atom is -0.320 e. The molecule has 0 aliphatic carbocycles. The zero-order valence-electron chi connectivity index (χ0n) is 10.6. The smallest absolute Gasteiger partial charge is 0.126 e. The van der Waals surface area contributed by atoms with Gasteiger partial charge in [0.15, 0.2) is 0 Å². The second-order valence-electron chi connectivity index (χ2n) is 4.67. The predicted molar refractivity (Wildman–Crippen MR) is 79.0 cm³/mol. The summed E-state index contributed by atoms with van der Waals surface area (Å²) in [6.45, 7) is 1.75. The molecule has 1 heterocycles. The molecule has 0 bridgehead atoms. The number of rotatable bonds is 2. The Labute approximate surface area is 115 Å². The lowest BCUT2D eigenvalue weighted by Gasteiger charge is -2.14. The van der Waals surface area contributed by atoms with Gasteiger partial charge in [0.05, 0.1) is 6.04 Å². The molecule has 1 unspecified atom stereocenters. The van der Waals surface area contributed by atoms with E-state index in [2.05, 4.69) is 17.5 Å². The Morgan fingerprint density at radius 3 is 2.79 bits per heavy atom. The average molecular weight is 271 g/mol. The summed E-state index contributed by atoms with van der Waals surface area (Å²) >= 11 is 1.67. The van der Waals surface area contributed by atoms with Crippen molar-refractivity contribution in [1.29, 1.82) is 0 Å². The first-order chi connectivity index (χ1) is 9.16. The van der Waals surface area contributed by atoms with Gasteiger partial charge in [0.25, 0.3) is 0 Å². The van der Waals surface area contributed by atoms with Crippen molar-refractivity contribution < 1.29 is 4.39 Å². The topological polar surface area (TPSA) is 26.0 Å². The number of hydrogen-bond acceptors (Lipinski definition) is 2. The number of nitrogens with two attached hydrogens (primary N) is 1. The van der Waals surface area contributed by atoms with Gasteiger partial charge in [-0.25, -0.2) is 4.39 Å². The monoisotopic (exact) mass is 271 g/mol. The molecule has 2 aromatic carbocycles. The lowest BCUT2D eigenvalue weighted by Crippen LogP contribution is -2.12. The lowest BCUT2D eigenvalue weighted by atomic mass is 9.97. The van der Waals surface area contributed by atoms with Crippen molar-refractivity contribution in [2.75, 3.05) is 0 Å². The normalized spacial score (nSPS) is 12.8. The molecule has 0 aliphatic rings. The minimum atomic E-state index is -0.294. The molecular formula is C16H14FNS. The summed E-state index contributed by atoms with van der Waals surface area (Å²) in [6.07, 6.45) is 0. The highest BCUT2D eigenvalue weighted by molar-refractivity contribution is 7.17. The number of fused-ring (bicyclic) bond motifs is 1. The van der Waals surface area contributed by atoms with Crippen molar-refractivity contribution in [3.8, 4) is 0 Å². The van der Waals surface area contributed by atoms with Crippen LogP contribution in [0.2, 0.25) is 0 Å². The molecule has 3 rings (SSSR count). The number of halogens is 1. The quantitative estimate of drug-likeness (QED) is 0.734. The summed E-state index contributed by atoms with van der Waals surface area (Å²) < 4.78 is 14.8. The zero-order chi connectivity index (χ0) is 13.4. The lowest BCUT2D eigenvalue weighted by molar-refractivity contribution is 0.614. The predicted octanol–water partition coefficient (Wildman–Crippen LogP) is 4.40. The third kappa shape index (κ3) is 2.15. The number of hydrogen-bond donors (Lipinski definition) is 1. The second kappa shape index (κ2) is 4.76. The van der Waals surface area contributed by atoms with Crippen molar-refractivity contribution in [2.45, 2.75) is 13.0 Å². The molecule has 19 heavy (non-hydrogen) atoms. The molecular weight excluding hydrogens is 257 g/mol. The Hall–Kier alpha value is -1.71. The van der Waals surface area contributed by atoms with Gasteiger partial charge >= 0.3 is 0 Å². The first kappa shape index (κ1) is 12.3. The number of aryl methyl sites for hydroxylation is 1. The van der Waals surface area contributed by atoms with Gasteiger partial charge in [0, 0.05) is 4.70 Å². The van der Waals surface area contributed by atoms with Crippen LogP contribution in [0.15, 0.2) is 47.8 Å². The molecule has 0 fully saturated rings. The molecule has 0 saturated carbocycles. The Bertz CT molecular complexity index is 732. The van der Waals surface area contributed by atoms with Gasteiger partial charge in [-0.15, -0.1) is 11.3 Å². The second-order valence-corrected chi connectivity index (χ2v) is 5.59. The summed E-state index contributed by atoms with van der Waals surface area (Å²) in [5, 5.41) is 3.24. The molecule has 96 valence electrons. The summed E-state index contributed by atoms with van der Waals surface area (Å²) in [5.74, 6) is -0.202. The molecule has 1 atom stereocenters. The third-order valence-corrected chi connectivity index (χ3v) is 4.38. The maximum Gasteiger partial charge on any atom is 0.126 e. The van der Waals surface area contributed by atoms with Crippen molar-refractivity contribution in [1.82, 2.24) is 0 Å². The Morgan fingerprint density at radius 2 is 2.00 bits per heavy atom. The molecule has 0 aliphatic heterocycles. The molecule has 3 aromatic rings. The Morgan fingerprint density at radius 1 is 1.16 bits per heavy atom. The zero-order valence-corrected chi connectivity index (χ0v) is 11.4. The highest BCUT2D eigenvalue weighted by Gasteiger charge is 2.14. The minimum absolute atomic E-state index is 0.202. The van der Waals surface area contributed by atoms with Gasteiger partial charge in [-0.05, 0) is 46.5 Å². The van der Waals surface area contributed by atoms with E-state index in [9.17, 15) is 4.39 Å². The first-order valence-electron chi connectivity index (χ1n) is 6.14. The van der Waals surface area contributed by atoms with Crippen LogP contribution in [-0.2, 0) is 0 Å². The molecule has 0 radical (unpaired) electrons. The van der Waals surface area contributed by atoms with E-state index in [1.165, 1.54) is 16.2 Å². The SMILES string of the molecule is Cc1ccc(C(N)c2cccc3ccsc23)cc1F. The summed E-state index contributed by atoms with van der Waals surface area (Å²) in [4.78, 5) is 0. The van der Waals surface area contributed by atoms with Gasteiger partial charge in [-0.2, -0.15) is 0 Å². The largest absolute Gasteiger partial charge is 0.320 e. The van der Waals surface area contributed by atoms with Crippen LogP contribution in [0.5, 0.6) is 0 Å². The van der Waals surface area contributed by atoms with Crippen molar-refractivity contribution >= 4 is 21.4 Å². The van der Waals surface area contributed by atoms with Crippen LogP contribution in [-0.4, -0.2) is 0 Å². The van der Waals surface area contributed by atoms with E-state index < -0.39 is 0 Å². The molecule has 1 nitrogen and oxygen atoms in total. The summed E-state index contributed by atoms with van der Waals surface area (Å²) in [5.41, 5.74) is 8.81. The van der Waals surface area contributed by atoms with E-state index >= 15 is 0 Å². The van der Waals surface area contributed by atoms with Crippen LogP contribution in [0.1, 0.15) is 22.7 Å².